The second-order valence-corrected chi connectivity index (χ2v) is 31.7. The molecule has 0 unspecified atom stereocenters. The van der Waals surface area contributed by atoms with Gasteiger partial charge in [-0.25, -0.2) is 0 Å². The maximum atomic E-state index is 9.65. The van der Waals surface area contributed by atoms with Gasteiger partial charge in [0, 0.05) is 66.5 Å². The minimum absolute atomic E-state index is 0.552. The van der Waals surface area contributed by atoms with E-state index >= 15 is 0 Å². The number of hydrogen-bond acceptors (Lipinski definition) is 5. The van der Waals surface area contributed by atoms with Crippen LogP contribution in [-0.2, 0) is 0 Å². The fraction of sp³-hybridized carbons (Fsp3) is 0. The van der Waals surface area contributed by atoms with Gasteiger partial charge in [0.2, 0.25) is 0 Å². The van der Waals surface area contributed by atoms with E-state index in [1.165, 1.54) is 125 Å². The molecule has 19 aromatic carbocycles. The Balaban J connectivity index is 0.0000000987. The molecule has 5 nitrogen and oxygen atoms in total. The number of halogens is 4. The normalized spacial score (nSPS) is 11.6. The number of hydrogen-bond donors (Lipinski definition) is 0. The summed E-state index contributed by atoms with van der Waals surface area (Å²) < 4.78 is 28.9. The van der Waals surface area contributed by atoms with Crippen molar-refractivity contribution in [1.29, 1.82) is 5.26 Å². The van der Waals surface area contributed by atoms with Gasteiger partial charge in [-0.05, 0) is 236 Å². The van der Waals surface area contributed by atoms with Gasteiger partial charge in [-0.3, -0.25) is 0 Å². The zero-order valence-electron chi connectivity index (χ0n) is 59.7. The van der Waals surface area contributed by atoms with E-state index in [2.05, 4.69) is 367 Å². The molecule has 4 aromatic heterocycles. The van der Waals surface area contributed by atoms with Crippen molar-refractivity contribution in [2.75, 3.05) is 0 Å². The smallest absolute Gasteiger partial charge is 0.153 e. The third-order valence-electron chi connectivity index (χ3n) is 21.5. The molecule has 0 atom stereocenters. The van der Waals surface area contributed by atoms with Gasteiger partial charge in [-0.2, -0.15) is 5.26 Å². The highest BCUT2D eigenvalue weighted by atomic mass is 79.9. The Morgan fingerprint density at radius 1 is 0.205 bits per heavy atom. The molecule has 0 bridgehead atoms. The fourth-order valence-corrected chi connectivity index (χ4v) is 17.7. The first-order chi connectivity index (χ1) is 55.1. The van der Waals surface area contributed by atoms with Crippen LogP contribution in [0.25, 0.3) is 208 Å². The summed E-state index contributed by atoms with van der Waals surface area (Å²) in [5, 5.41) is 33.1. The number of benzene rings is 19. The third kappa shape index (κ3) is 12.5. The summed E-state index contributed by atoms with van der Waals surface area (Å²) in [5.41, 5.74) is 19.5. The van der Waals surface area contributed by atoms with Crippen molar-refractivity contribution >= 4 is 216 Å². The number of fused-ring (bicyclic) bond motifs is 18. The van der Waals surface area contributed by atoms with Crippen molar-refractivity contribution < 1.29 is 17.7 Å². The summed E-state index contributed by atoms with van der Waals surface area (Å²) in [6.07, 6.45) is 0. The quantitative estimate of drug-likeness (QED) is 0.172. The van der Waals surface area contributed by atoms with Crippen LogP contribution in [0.3, 0.4) is 0 Å². The molecule has 0 spiro atoms. The molecule has 0 N–H and O–H groups in total. The van der Waals surface area contributed by atoms with Crippen molar-refractivity contribution in [1.82, 2.24) is 0 Å². The molecule has 0 radical (unpaired) electrons. The number of para-hydroxylation sites is 4. The monoisotopic (exact) mass is 1690 g/mol. The van der Waals surface area contributed by atoms with Crippen LogP contribution in [0.4, 0.5) is 0 Å². The maximum absolute atomic E-state index is 9.65. The topological polar surface area (TPSA) is 76.3 Å². The van der Waals surface area contributed by atoms with Gasteiger partial charge < -0.3 is 17.7 Å². The van der Waals surface area contributed by atoms with Gasteiger partial charge in [0.15, 0.2) is 5.58 Å². The van der Waals surface area contributed by atoms with E-state index in [9.17, 15) is 5.26 Å². The molecule has 0 saturated heterocycles. The molecule has 0 saturated carbocycles. The Bertz CT molecular complexity index is 7770. The van der Waals surface area contributed by atoms with Crippen molar-refractivity contribution in [2.24, 2.45) is 0 Å². The lowest BCUT2D eigenvalue weighted by Gasteiger charge is -2.11. The molecule has 0 amide bonds. The van der Waals surface area contributed by atoms with Gasteiger partial charge in [0.1, 0.15) is 45.2 Å². The second kappa shape index (κ2) is 28.7. The molecule has 23 rings (SSSR count). The minimum atomic E-state index is 0.552. The van der Waals surface area contributed by atoms with Crippen LogP contribution in [0, 0.1) is 11.3 Å². The first-order valence-electron chi connectivity index (χ1n) is 36.9. The Hall–Kier alpha value is -12.7. The summed E-state index contributed by atoms with van der Waals surface area (Å²) in [6.45, 7) is 0. The zero-order valence-corrected chi connectivity index (χ0v) is 66.0. The molecule has 0 aliphatic rings. The lowest BCUT2D eigenvalue weighted by molar-refractivity contribution is 0.669. The van der Waals surface area contributed by atoms with E-state index in [0.717, 1.165) is 95.2 Å². The predicted octanol–water partition coefficient (Wildman–Crippen LogP) is 32.5. The summed E-state index contributed by atoms with van der Waals surface area (Å²) in [6, 6.07) is 127. The summed E-state index contributed by atoms with van der Waals surface area (Å²) >= 11 is 14.4. The molecule has 0 aliphatic carbocycles. The van der Waals surface area contributed by atoms with Gasteiger partial charge in [-0.15, -0.1) is 0 Å². The molecule has 4 heterocycles. The third-order valence-corrected chi connectivity index (χ3v) is 23.9. The van der Waals surface area contributed by atoms with Crippen LogP contribution in [0.15, 0.2) is 393 Å². The lowest BCUT2D eigenvalue weighted by Crippen LogP contribution is -1.86. The lowest BCUT2D eigenvalue weighted by atomic mass is 9.93. The Kier molecular flexibility index (Phi) is 17.6. The molecular formula is C103H59Br4NO4. The van der Waals surface area contributed by atoms with E-state index in [1.807, 2.05) is 54.6 Å². The van der Waals surface area contributed by atoms with Gasteiger partial charge in [-0.1, -0.05) is 300 Å². The number of nitriles is 1. The van der Waals surface area contributed by atoms with Crippen LogP contribution in [0.5, 0.6) is 0 Å². The Morgan fingerprint density at radius 2 is 0.607 bits per heavy atom. The highest BCUT2D eigenvalue weighted by Crippen LogP contribution is 2.45. The number of nitrogens with zero attached hydrogens (tertiary/aromatic N) is 1. The van der Waals surface area contributed by atoms with Crippen molar-refractivity contribution in [3.8, 4) is 61.7 Å². The molecule has 112 heavy (non-hydrogen) atoms. The molecule has 0 fully saturated rings. The van der Waals surface area contributed by atoms with Gasteiger partial charge >= 0.3 is 0 Å². The second-order valence-electron chi connectivity index (χ2n) is 28.1. The van der Waals surface area contributed by atoms with Crippen LogP contribution >= 0.6 is 63.7 Å². The zero-order chi connectivity index (χ0) is 75.1. The molecule has 9 heteroatoms. The van der Waals surface area contributed by atoms with Crippen LogP contribution in [-0.4, -0.2) is 0 Å². The minimum Gasteiger partial charge on any atom is -0.456 e. The van der Waals surface area contributed by atoms with Crippen molar-refractivity contribution in [3.63, 3.8) is 0 Å². The van der Waals surface area contributed by atoms with E-state index < -0.39 is 0 Å². The largest absolute Gasteiger partial charge is 0.456 e. The number of rotatable bonds is 5. The van der Waals surface area contributed by atoms with Crippen molar-refractivity contribution in [3.05, 3.63) is 381 Å². The van der Waals surface area contributed by atoms with E-state index in [1.54, 1.807) is 6.07 Å². The molecule has 528 valence electrons. The SMILES string of the molecule is Brc1ccc(-c2ccc3cc4c(cc3c2)oc2ccccc24)cc1.Brc1ccc(-c2ccc3cc4oc5ccccc5c4cc3c2)c2ccccc12.Brc1cccc(-c2ccc3cc4c(cc3c2)oc2ccccc24)c1.N#Cc1cccc2c1oc1c(-c3ccc(-c4ccc(Br)c5ccccc45)cc3)c3ccccc3cc12. The maximum Gasteiger partial charge on any atom is 0.153 e. The summed E-state index contributed by atoms with van der Waals surface area (Å²) in [7, 11) is 0. The average Bonchev–Trinajstić information content (AvgIpc) is 1.50. The highest BCUT2D eigenvalue weighted by Gasteiger charge is 2.20. The standard InChI is InChI=1S/C33H18BrNO.C26H15BrO.2C22H13BrO/c34-30-17-16-24(26-9-3-4-10-27(26)30)20-12-14-21(15-13-20)31-25-8-2-1-6-22(25)18-29-28-11-5-7-23(19-35)32(28)36-33(29)31;27-24-12-11-19(20-5-1-2-6-21(20)24)17-10-9-16-15-26-23(14-18(16)13-17)22-7-3-4-8-25(22)28-26;23-18-5-3-4-14(11-18)15-8-9-16-12-20-19-6-1-2-7-21(19)24-22(20)13-17(16)10-15;23-18-9-7-14(8-10-18)15-5-6-16-12-20-19-3-1-2-4-21(19)24-22(20)13-17(16)11-15/h1-18H;1-15H;2*1-13H. The van der Waals surface area contributed by atoms with E-state index in [0.29, 0.717) is 11.1 Å². The summed E-state index contributed by atoms with van der Waals surface area (Å²) in [5.74, 6) is 0. The fourth-order valence-electron chi connectivity index (χ4n) is 16.1. The number of furan rings is 4. The Morgan fingerprint density at radius 3 is 1.17 bits per heavy atom. The van der Waals surface area contributed by atoms with Crippen LogP contribution in [0.1, 0.15) is 5.56 Å². The summed E-state index contributed by atoms with van der Waals surface area (Å²) in [4.78, 5) is 0. The molecule has 23 aromatic rings. The van der Waals surface area contributed by atoms with Crippen molar-refractivity contribution in [2.45, 2.75) is 0 Å². The molecular weight excluding hydrogens is 1630 g/mol. The highest BCUT2D eigenvalue weighted by molar-refractivity contribution is 9.11. The molecule has 0 aliphatic heterocycles. The van der Waals surface area contributed by atoms with Crippen LogP contribution in [0.2, 0.25) is 0 Å². The average molecular weight is 1690 g/mol. The van der Waals surface area contributed by atoms with E-state index in [-0.39, 0.29) is 0 Å². The predicted molar refractivity (Wildman–Crippen MR) is 483 cm³/mol. The van der Waals surface area contributed by atoms with Crippen LogP contribution < -0.4 is 0 Å². The van der Waals surface area contributed by atoms with Gasteiger partial charge in [0.05, 0.1) is 5.56 Å². The van der Waals surface area contributed by atoms with E-state index in [4.69, 9.17) is 17.7 Å². The Labute approximate surface area is 676 Å². The first kappa shape index (κ1) is 68.6. The van der Waals surface area contributed by atoms with Gasteiger partial charge in [0.25, 0.3) is 0 Å². The first-order valence-corrected chi connectivity index (χ1v) is 40.0.